The molecule has 0 atom stereocenters. The van der Waals surface area contributed by atoms with Crippen LogP contribution in [0.25, 0.3) is 0 Å². The Labute approximate surface area is 81.0 Å². The van der Waals surface area contributed by atoms with Crippen LogP contribution in [-0.2, 0) is 6.42 Å². The molecule has 0 amide bonds. The summed E-state index contributed by atoms with van der Waals surface area (Å²) in [6, 6.07) is 4.62. The summed E-state index contributed by atoms with van der Waals surface area (Å²) in [5.74, 6) is 1.00. The zero-order chi connectivity index (χ0) is 9.42. The normalized spacial score (nSPS) is 16.2. The molecule has 13 heavy (non-hydrogen) atoms. The molecule has 0 unspecified atom stereocenters. The van der Waals surface area contributed by atoms with Crippen molar-refractivity contribution in [2.45, 2.75) is 40.0 Å². The van der Waals surface area contributed by atoms with E-state index in [2.05, 4.69) is 32.9 Å². The largest absolute Gasteiger partial charge is 0.0561 e. The van der Waals surface area contributed by atoms with E-state index in [0.29, 0.717) is 0 Å². The van der Waals surface area contributed by atoms with Gasteiger partial charge in [-0.25, -0.2) is 0 Å². The second-order valence-electron chi connectivity index (χ2n) is 4.52. The van der Waals surface area contributed by atoms with Crippen molar-refractivity contribution in [1.29, 1.82) is 0 Å². The lowest BCUT2D eigenvalue weighted by atomic mass is 9.96. The first-order valence-corrected chi connectivity index (χ1v) is 5.23. The van der Waals surface area contributed by atoms with Gasteiger partial charge in [-0.3, -0.25) is 0 Å². The average Bonchev–Trinajstić information content (AvgIpc) is 2.79. The van der Waals surface area contributed by atoms with E-state index in [4.69, 9.17) is 0 Å². The third-order valence-corrected chi connectivity index (χ3v) is 3.03. The maximum Gasteiger partial charge on any atom is -0.0245 e. The molecule has 0 saturated heterocycles. The van der Waals surface area contributed by atoms with Gasteiger partial charge in [-0.1, -0.05) is 17.7 Å². The molecule has 1 fully saturated rings. The molecule has 1 aliphatic rings. The Balaban J connectivity index is 2.31. The second-order valence-corrected chi connectivity index (χ2v) is 4.52. The van der Waals surface area contributed by atoms with E-state index in [-0.39, 0.29) is 0 Å². The van der Waals surface area contributed by atoms with E-state index in [1.54, 1.807) is 5.56 Å². The van der Waals surface area contributed by atoms with Gasteiger partial charge in [0, 0.05) is 0 Å². The first kappa shape index (κ1) is 8.80. The molecule has 0 spiro atoms. The summed E-state index contributed by atoms with van der Waals surface area (Å²) in [5, 5.41) is 0. The van der Waals surface area contributed by atoms with Crippen molar-refractivity contribution in [3.8, 4) is 0 Å². The fourth-order valence-electron chi connectivity index (χ4n) is 2.14. The molecule has 1 aromatic carbocycles. The first-order chi connectivity index (χ1) is 6.16. The van der Waals surface area contributed by atoms with Gasteiger partial charge in [-0.05, 0) is 62.6 Å². The molecule has 0 bridgehead atoms. The van der Waals surface area contributed by atoms with Crippen molar-refractivity contribution in [2.75, 3.05) is 0 Å². The lowest BCUT2D eigenvalue weighted by molar-refractivity contribution is 0.819. The van der Waals surface area contributed by atoms with Crippen LogP contribution in [0.15, 0.2) is 12.1 Å². The van der Waals surface area contributed by atoms with Crippen LogP contribution in [0.2, 0.25) is 0 Å². The Kier molecular flexibility index (Phi) is 2.15. The van der Waals surface area contributed by atoms with E-state index >= 15 is 0 Å². The molecule has 0 N–H and O–H groups in total. The quantitative estimate of drug-likeness (QED) is 0.643. The maximum atomic E-state index is 2.31. The molecule has 0 nitrogen and oxygen atoms in total. The van der Waals surface area contributed by atoms with Crippen molar-refractivity contribution < 1.29 is 0 Å². The molecule has 1 aromatic rings. The van der Waals surface area contributed by atoms with Crippen LogP contribution < -0.4 is 0 Å². The molecule has 1 aliphatic carbocycles. The monoisotopic (exact) mass is 174 g/mol. The summed E-state index contributed by atoms with van der Waals surface area (Å²) >= 11 is 0. The van der Waals surface area contributed by atoms with Crippen LogP contribution in [0, 0.1) is 26.7 Å². The summed E-state index contributed by atoms with van der Waals surface area (Å²) in [6.07, 6.45) is 4.22. The molecule has 0 aromatic heterocycles. The number of hydrogen-bond donors (Lipinski definition) is 0. The molecule has 1 saturated carbocycles. The predicted molar refractivity (Wildman–Crippen MR) is 57.1 cm³/mol. The van der Waals surface area contributed by atoms with Crippen molar-refractivity contribution in [3.05, 3.63) is 34.4 Å². The van der Waals surface area contributed by atoms with Crippen LogP contribution in [-0.4, -0.2) is 0 Å². The Morgan fingerprint density at radius 1 is 1.08 bits per heavy atom. The summed E-state index contributed by atoms with van der Waals surface area (Å²) in [5.41, 5.74) is 5.98. The minimum absolute atomic E-state index is 1.00. The van der Waals surface area contributed by atoms with Crippen LogP contribution in [0.1, 0.15) is 35.1 Å². The second kappa shape index (κ2) is 3.17. The van der Waals surface area contributed by atoms with Crippen LogP contribution in [0.3, 0.4) is 0 Å². The highest BCUT2D eigenvalue weighted by atomic mass is 14.3. The highest BCUT2D eigenvalue weighted by Crippen LogP contribution is 2.34. The number of rotatable bonds is 2. The molecular formula is C13H18. The fraction of sp³-hybridized carbons (Fsp3) is 0.538. The Hall–Kier alpha value is -0.780. The van der Waals surface area contributed by atoms with E-state index in [1.165, 1.54) is 36.0 Å². The zero-order valence-corrected chi connectivity index (χ0v) is 8.85. The third-order valence-electron chi connectivity index (χ3n) is 3.03. The van der Waals surface area contributed by atoms with Crippen molar-refractivity contribution in [1.82, 2.24) is 0 Å². The molecule has 0 heteroatoms. The van der Waals surface area contributed by atoms with Gasteiger partial charge in [-0.15, -0.1) is 0 Å². The minimum atomic E-state index is 1.00. The first-order valence-electron chi connectivity index (χ1n) is 5.23. The average molecular weight is 174 g/mol. The minimum Gasteiger partial charge on any atom is -0.0561 e. The highest BCUT2D eigenvalue weighted by Gasteiger charge is 2.22. The summed E-state index contributed by atoms with van der Waals surface area (Å²) in [4.78, 5) is 0. The molecule has 2 rings (SSSR count). The van der Waals surface area contributed by atoms with Gasteiger partial charge in [0.2, 0.25) is 0 Å². The third kappa shape index (κ3) is 1.93. The number of aryl methyl sites for hydroxylation is 3. The van der Waals surface area contributed by atoms with Crippen molar-refractivity contribution in [2.24, 2.45) is 5.92 Å². The standard InChI is InChI=1S/C13H18/c1-9-6-10(2)13(11(3)7-9)8-12-4-5-12/h6-7,12H,4-5,8H2,1-3H3. The lowest BCUT2D eigenvalue weighted by Crippen LogP contribution is -1.96. The number of benzene rings is 1. The van der Waals surface area contributed by atoms with Crippen molar-refractivity contribution in [3.63, 3.8) is 0 Å². The smallest absolute Gasteiger partial charge is 0.0245 e. The van der Waals surface area contributed by atoms with Gasteiger partial charge >= 0.3 is 0 Å². The predicted octanol–water partition coefficient (Wildman–Crippen LogP) is 3.56. The lowest BCUT2D eigenvalue weighted by Gasteiger charge is -2.10. The van der Waals surface area contributed by atoms with E-state index < -0.39 is 0 Å². The number of hydrogen-bond acceptors (Lipinski definition) is 0. The molecule has 0 heterocycles. The molecule has 70 valence electrons. The van der Waals surface area contributed by atoms with Gasteiger partial charge in [0.15, 0.2) is 0 Å². The van der Waals surface area contributed by atoms with Gasteiger partial charge in [0.25, 0.3) is 0 Å². The van der Waals surface area contributed by atoms with E-state index in [0.717, 1.165) is 5.92 Å². The van der Waals surface area contributed by atoms with Crippen LogP contribution >= 0.6 is 0 Å². The Morgan fingerprint density at radius 3 is 2.08 bits per heavy atom. The Morgan fingerprint density at radius 2 is 1.62 bits per heavy atom. The summed E-state index contributed by atoms with van der Waals surface area (Å²) in [7, 11) is 0. The molecular weight excluding hydrogens is 156 g/mol. The molecule has 0 aliphatic heterocycles. The van der Waals surface area contributed by atoms with Crippen LogP contribution in [0.5, 0.6) is 0 Å². The van der Waals surface area contributed by atoms with E-state index in [1.807, 2.05) is 0 Å². The maximum absolute atomic E-state index is 2.31. The highest BCUT2D eigenvalue weighted by molar-refractivity contribution is 5.38. The van der Waals surface area contributed by atoms with Gasteiger partial charge in [0.05, 0.1) is 0 Å². The fourth-order valence-corrected chi connectivity index (χ4v) is 2.14. The SMILES string of the molecule is Cc1cc(C)c(CC2CC2)c(C)c1. The van der Waals surface area contributed by atoms with Gasteiger partial charge in [0.1, 0.15) is 0 Å². The topological polar surface area (TPSA) is 0 Å². The van der Waals surface area contributed by atoms with Gasteiger partial charge in [-0.2, -0.15) is 0 Å². The van der Waals surface area contributed by atoms with Crippen molar-refractivity contribution >= 4 is 0 Å². The molecule has 0 radical (unpaired) electrons. The van der Waals surface area contributed by atoms with Crippen LogP contribution in [0.4, 0.5) is 0 Å². The van der Waals surface area contributed by atoms with E-state index in [9.17, 15) is 0 Å². The van der Waals surface area contributed by atoms with Gasteiger partial charge < -0.3 is 0 Å². The Bertz CT molecular complexity index is 296. The summed E-state index contributed by atoms with van der Waals surface area (Å²) < 4.78 is 0. The zero-order valence-electron chi connectivity index (χ0n) is 8.85. The summed E-state index contributed by atoms with van der Waals surface area (Å²) in [6.45, 7) is 6.68.